The van der Waals surface area contributed by atoms with E-state index in [1.165, 1.54) is 32.1 Å². The van der Waals surface area contributed by atoms with Gasteiger partial charge in [0.25, 0.3) is 10.1 Å². The molecule has 1 atom stereocenters. The number of rotatable bonds is 10. The molecule has 0 N–H and O–H groups in total. The van der Waals surface area contributed by atoms with Crippen LogP contribution in [0.2, 0.25) is 58.9 Å². The lowest BCUT2D eigenvalue weighted by Gasteiger charge is -2.44. The molecule has 0 bridgehead atoms. The molecule has 1 aliphatic rings. The van der Waals surface area contributed by atoms with E-state index in [0.29, 0.717) is 12.6 Å². The summed E-state index contributed by atoms with van der Waals surface area (Å²) in [6.45, 7) is 19.9. The predicted molar refractivity (Wildman–Crippen MR) is 123 cm³/mol. The van der Waals surface area contributed by atoms with Gasteiger partial charge in [-0.2, -0.15) is 0 Å². The molecule has 1 fully saturated rings. The highest BCUT2D eigenvalue weighted by atomic mass is 32.2. The summed E-state index contributed by atoms with van der Waals surface area (Å²) in [5.74, 6) is -0.0325. The van der Waals surface area contributed by atoms with Crippen molar-refractivity contribution in [2.45, 2.75) is 103 Å². The first kappa shape index (κ1) is 25.5. The second-order valence-electron chi connectivity index (χ2n) is 10.9. The van der Waals surface area contributed by atoms with Crippen molar-refractivity contribution in [2.75, 3.05) is 12.3 Å². The van der Waals surface area contributed by atoms with E-state index >= 15 is 0 Å². The van der Waals surface area contributed by atoms with Gasteiger partial charge in [0.05, 0.1) is 6.10 Å². The van der Waals surface area contributed by atoms with E-state index in [4.69, 9.17) is 8.30 Å². The van der Waals surface area contributed by atoms with Crippen molar-refractivity contribution in [1.82, 2.24) is 4.57 Å². The Labute approximate surface area is 171 Å². The largest absolute Gasteiger partial charge is 0.412 e. The van der Waals surface area contributed by atoms with Gasteiger partial charge in [0.15, 0.2) is 8.32 Å². The Morgan fingerprint density at radius 2 is 1.41 bits per heavy atom. The Morgan fingerprint density at radius 1 is 0.889 bits per heavy atom. The molecule has 0 spiro atoms. The molecular formula is C18H43NO4SSi3. The number of nitrogens with zero attached hydrogens (tertiary/aromatic N) is 1. The van der Waals surface area contributed by atoms with E-state index in [1.807, 2.05) is 19.6 Å². The quantitative estimate of drug-likeness (QED) is 0.442. The Morgan fingerprint density at radius 3 is 1.81 bits per heavy atom. The van der Waals surface area contributed by atoms with Crippen molar-refractivity contribution < 1.29 is 16.7 Å². The van der Waals surface area contributed by atoms with Crippen LogP contribution in [-0.2, 0) is 18.4 Å². The second-order valence-corrected chi connectivity index (χ2v) is 26.6. The van der Waals surface area contributed by atoms with E-state index in [1.54, 1.807) is 0 Å². The molecule has 0 aliphatic heterocycles. The van der Waals surface area contributed by atoms with Gasteiger partial charge in [-0.25, -0.2) is 8.42 Å². The minimum Gasteiger partial charge on any atom is -0.412 e. The van der Waals surface area contributed by atoms with Crippen LogP contribution in [0.3, 0.4) is 0 Å². The molecule has 162 valence electrons. The van der Waals surface area contributed by atoms with Gasteiger partial charge in [-0.1, -0.05) is 38.9 Å². The van der Waals surface area contributed by atoms with Crippen molar-refractivity contribution in [3.63, 3.8) is 0 Å². The summed E-state index contributed by atoms with van der Waals surface area (Å²) in [6.07, 6.45) is 6.02. The van der Waals surface area contributed by atoms with Crippen LogP contribution in [0.25, 0.3) is 0 Å². The minimum absolute atomic E-state index is 0.0325. The number of hydrogen-bond donors (Lipinski definition) is 0. The van der Waals surface area contributed by atoms with E-state index in [2.05, 4.69) is 43.8 Å². The minimum atomic E-state index is -3.59. The Bertz CT molecular complexity index is 559. The topological polar surface area (TPSA) is 55.8 Å². The molecule has 27 heavy (non-hydrogen) atoms. The van der Waals surface area contributed by atoms with Crippen molar-refractivity contribution >= 4 is 35.0 Å². The molecule has 0 radical (unpaired) electrons. The van der Waals surface area contributed by atoms with Gasteiger partial charge in [-0.05, 0) is 52.1 Å². The molecule has 0 amide bonds. The van der Waals surface area contributed by atoms with Crippen LogP contribution in [-0.4, -0.2) is 62.3 Å². The SMILES string of the molecule is C[Si](C)(C)OC(CN(C1CCCCC1)[Si](C)(C)C)CS(=O)(=O)O[Si](C)(C)C. The van der Waals surface area contributed by atoms with Gasteiger partial charge in [-0.15, -0.1) is 0 Å². The Hall–Kier alpha value is 0.481. The Balaban J connectivity index is 3.03. The van der Waals surface area contributed by atoms with Crippen molar-refractivity contribution in [3.05, 3.63) is 0 Å². The van der Waals surface area contributed by atoms with Gasteiger partial charge in [-0.3, -0.25) is 0 Å². The third kappa shape index (κ3) is 10.7. The molecule has 0 saturated heterocycles. The second kappa shape index (κ2) is 9.53. The molecule has 9 heteroatoms. The van der Waals surface area contributed by atoms with Gasteiger partial charge >= 0.3 is 0 Å². The summed E-state index contributed by atoms with van der Waals surface area (Å²) in [5.41, 5.74) is 0. The summed E-state index contributed by atoms with van der Waals surface area (Å²) in [7, 11) is -9.22. The van der Waals surface area contributed by atoms with Gasteiger partial charge in [0.2, 0.25) is 8.32 Å². The molecule has 1 aliphatic carbocycles. The molecule has 1 saturated carbocycles. The lowest BCUT2D eigenvalue weighted by atomic mass is 9.95. The highest BCUT2D eigenvalue weighted by Crippen LogP contribution is 2.28. The average Bonchev–Trinajstić information content (AvgIpc) is 2.39. The Kier molecular flexibility index (Phi) is 9.00. The fraction of sp³-hybridized carbons (Fsp3) is 1.00. The molecule has 0 aromatic rings. The van der Waals surface area contributed by atoms with Crippen LogP contribution in [0.15, 0.2) is 0 Å². The molecule has 5 nitrogen and oxygen atoms in total. The van der Waals surface area contributed by atoms with E-state index in [-0.39, 0.29) is 11.9 Å². The fourth-order valence-corrected chi connectivity index (χ4v) is 11.2. The maximum Gasteiger partial charge on any atom is 0.260 e. The van der Waals surface area contributed by atoms with E-state index in [0.717, 1.165) is 0 Å². The monoisotopic (exact) mass is 453 g/mol. The van der Waals surface area contributed by atoms with Gasteiger partial charge in [0, 0.05) is 12.6 Å². The smallest absolute Gasteiger partial charge is 0.260 e. The maximum absolute atomic E-state index is 12.7. The van der Waals surface area contributed by atoms with Crippen molar-refractivity contribution in [3.8, 4) is 0 Å². The van der Waals surface area contributed by atoms with Crippen LogP contribution in [0, 0.1) is 0 Å². The predicted octanol–water partition coefficient (Wildman–Crippen LogP) is 4.86. The van der Waals surface area contributed by atoms with E-state index in [9.17, 15) is 8.42 Å². The van der Waals surface area contributed by atoms with Crippen LogP contribution < -0.4 is 0 Å². The molecule has 0 aromatic heterocycles. The normalized spacial score (nSPS) is 19.5. The standard InChI is InChI=1S/C18H43NO4SSi3/c1-25(2,3)19(17-13-11-10-12-14-17)15-18(22-26(4,5)6)16-24(20,21)23-27(7,8)9/h17-18H,10-16H2,1-9H3. The first-order valence-corrected chi connectivity index (χ1v) is 22.2. The zero-order chi connectivity index (χ0) is 21.1. The molecule has 1 rings (SSSR count). The third-order valence-corrected chi connectivity index (χ3v) is 11.7. The highest BCUT2D eigenvalue weighted by molar-refractivity contribution is 7.87. The van der Waals surface area contributed by atoms with Gasteiger partial charge in [0.1, 0.15) is 14.0 Å². The van der Waals surface area contributed by atoms with Crippen LogP contribution in [0.5, 0.6) is 0 Å². The lowest BCUT2D eigenvalue weighted by Crippen LogP contribution is -2.57. The summed E-state index contributed by atoms with van der Waals surface area (Å²) in [6, 6.07) is 0.568. The van der Waals surface area contributed by atoms with Crippen LogP contribution in [0.1, 0.15) is 32.1 Å². The highest BCUT2D eigenvalue weighted by Gasteiger charge is 2.37. The van der Waals surface area contributed by atoms with E-state index < -0.39 is 35.0 Å². The fourth-order valence-electron chi connectivity index (χ4n) is 3.85. The van der Waals surface area contributed by atoms with Gasteiger partial charge < -0.3 is 12.9 Å². The zero-order valence-electron chi connectivity index (χ0n) is 19.1. The molecular weight excluding hydrogens is 411 g/mol. The first-order chi connectivity index (χ1) is 12.0. The third-order valence-electron chi connectivity index (χ3n) is 4.56. The van der Waals surface area contributed by atoms with Crippen LogP contribution >= 0.6 is 0 Å². The zero-order valence-corrected chi connectivity index (χ0v) is 22.9. The molecule has 1 unspecified atom stereocenters. The van der Waals surface area contributed by atoms with Crippen molar-refractivity contribution in [1.29, 1.82) is 0 Å². The summed E-state index contributed by atoms with van der Waals surface area (Å²) in [5, 5.41) is 0. The summed E-state index contributed by atoms with van der Waals surface area (Å²) < 4.78 is 39.9. The van der Waals surface area contributed by atoms with Crippen LogP contribution in [0.4, 0.5) is 0 Å². The molecule has 0 heterocycles. The molecule has 0 aromatic carbocycles. The summed E-state index contributed by atoms with van der Waals surface area (Å²) in [4.78, 5) is 0. The lowest BCUT2D eigenvalue weighted by molar-refractivity contribution is 0.144. The first-order valence-electron chi connectivity index (χ1n) is 10.4. The average molecular weight is 454 g/mol. The van der Waals surface area contributed by atoms with Crippen molar-refractivity contribution in [2.24, 2.45) is 0 Å². The number of hydrogen-bond acceptors (Lipinski definition) is 5. The summed E-state index contributed by atoms with van der Waals surface area (Å²) >= 11 is 0. The maximum atomic E-state index is 12.7.